The SMILES string of the molecule is CCCc1ccc(OCc2cc3ccc(C4CCC(CC)CC4)cc3s2)c(F)c1. The van der Waals surface area contributed by atoms with E-state index >= 15 is 0 Å². The van der Waals surface area contributed by atoms with E-state index in [1.54, 1.807) is 23.5 Å². The molecule has 0 saturated heterocycles. The Morgan fingerprint density at radius 2 is 1.83 bits per heavy atom. The Hall–Kier alpha value is -1.87. The molecule has 4 rings (SSSR count). The number of hydrogen-bond acceptors (Lipinski definition) is 2. The number of fused-ring (bicyclic) bond motifs is 1. The van der Waals surface area contributed by atoms with Crippen molar-refractivity contribution >= 4 is 21.4 Å². The fourth-order valence-corrected chi connectivity index (χ4v) is 5.61. The lowest BCUT2D eigenvalue weighted by Gasteiger charge is -2.28. The summed E-state index contributed by atoms with van der Waals surface area (Å²) in [5.41, 5.74) is 2.51. The molecule has 0 unspecified atom stereocenters. The van der Waals surface area contributed by atoms with E-state index in [0.29, 0.717) is 18.3 Å². The molecule has 0 aliphatic heterocycles. The maximum Gasteiger partial charge on any atom is 0.165 e. The second kappa shape index (κ2) is 9.30. The number of benzene rings is 2. The van der Waals surface area contributed by atoms with Crippen molar-refractivity contribution in [2.45, 2.75) is 71.3 Å². The Bertz CT molecular complexity index is 952. The fraction of sp³-hybridized carbons (Fsp3) is 0.462. The summed E-state index contributed by atoms with van der Waals surface area (Å²) in [6, 6.07) is 14.4. The van der Waals surface area contributed by atoms with Crippen molar-refractivity contribution in [3.63, 3.8) is 0 Å². The summed E-state index contributed by atoms with van der Waals surface area (Å²) < 4.78 is 21.4. The highest BCUT2D eigenvalue weighted by Crippen LogP contribution is 2.39. The molecule has 0 amide bonds. The van der Waals surface area contributed by atoms with Gasteiger partial charge in [-0.3, -0.25) is 0 Å². The van der Waals surface area contributed by atoms with E-state index in [-0.39, 0.29) is 5.82 Å². The molecule has 1 saturated carbocycles. The molecule has 0 N–H and O–H groups in total. The van der Waals surface area contributed by atoms with Crippen LogP contribution in [0.3, 0.4) is 0 Å². The molecule has 1 heterocycles. The zero-order valence-electron chi connectivity index (χ0n) is 17.5. The standard InChI is InChI=1S/C26H31FOS/c1-3-5-19-8-13-25(24(27)14-19)28-17-23-15-22-12-11-21(16-26(22)29-23)20-9-6-18(4-2)7-10-20/h8,11-16,18,20H,3-7,9-10,17H2,1-2H3. The first-order chi connectivity index (χ1) is 14.2. The van der Waals surface area contributed by atoms with Crippen molar-refractivity contribution in [3.05, 3.63) is 64.3 Å². The van der Waals surface area contributed by atoms with Crippen LogP contribution in [0.5, 0.6) is 5.75 Å². The van der Waals surface area contributed by atoms with E-state index in [1.165, 1.54) is 47.8 Å². The molecule has 0 spiro atoms. The summed E-state index contributed by atoms with van der Waals surface area (Å²) in [6.07, 6.45) is 8.61. The zero-order chi connectivity index (χ0) is 20.2. The highest BCUT2D eigenvalue weighted by molar-refractivity contribution is 7.19. The summed E-state index contributed by atoms with van der Waals surface area (Å²) >= 11 is 1.77. The molecule has 3 heteroatoms. The molecule has 2 aromatic carbocycles. The quantitative estimate of drug-likeness (QED) is 0.381. The Morgan fingerprint density at radius 1 is 1.00 bits per heavy atom. The van der Waals surface area contributed by atoms with Crippen LogP contribution < -0.4 is 4.74 Å². The molecule has 1 aromatic heterocycles. The van der Waals surface area contributed by atoms with Crippen molar-refractivity contribution in [1.29, 1.82) is 0 Å². The zero-order valence-corrected chi connectivity index (χ0v) is 18.4. The molecule has 1 fully saturated rings. The number of aryl methyl sites for hydroxylation is 1. The average Bonchev–Trinajstić information content (AvgIpc) is 3.15. The van der Waals surface area contributed by atoms with Crippen LogP contribution in [-0.2, 0) is 13.0 Å². The van der Waals surface area contributed by atoms with Crippen LogP contribution in [0, 0.1) is 11.7 Å². The van der Waals surface area contributed by atoms with E-state index in [9.17, 15) is 4.39 Å². The third-order valence-electron chi connectivity index (χ3n) is 6.40. The van der Waals surface area contributed by atoms with Gasteiger partial charge in [0.2, 0.25) is 0 Å². The number of halogens is 1. The van der Waals surface area contributed by atoms with Crippen LogP contribution in [0.25, 0.3) is 10.1 Å². The molecule has 154 valence electrons. The van der Waals surface area contributed by atoms with E-state index in [2.05, 4.69) is 38.1 Å². The first kappa shape index (κ1) is 20.4. The summed E-state index contributed by atoms with van der Waals surface area (Å²) in [5, 5.41) is 1.26. The first-order valence-corrected chi connectivity index (χ1v) is 11.9. The van der Waals surface area contributed by atoms with Gasteiger partial charge in [-0.25, -0.2) is 4.39 Å². The Labute approximate surface area is 177 Å². The highest BCUT2D eigenvalue weighted by Gasteiger charge is 2.21. The maximum atomic E-state index is 14.3. The first-order valence-electron chi connectivity index (χ1n) is 11.1. The van der Waals surface area contributed by atoms with E-state index in [0.717, 1.165) is 29.2 Å². The Kier molecular flexibility index (Phi) is 6.54. The van der Waals surface area contributed by atoms with Gasteiger partial charge in [-0.05, 0) is 84.7 Å². The normalized spacial score (nSPS) is 19.6. The molecule has 0 atom stereocenters. The molecule has 29 heavy (non-hydrogen) atoms. The molecule has 0 bridgehead atoms. The lowest BCUT2D eigenvalue weighted by Crippen LogP contribution is -2.12. The number of rotatable bonds is 7. The Balaban J connectivity index is 1.43. The average molecular weight is 411 g/mol. The molecule has 1 aliphatic carbocycles. The van der Waals surface area contributed by atoms with Crippen molar-refractivity contribution in [2.24, 2.45) is 5.92 Å². The minimum atomic E-state index is -0.262. The molecule has 1 aliphatic rings. The minimum Gasteiger partial charge on any atom is -0.485 e. The van der Waals surface area contributed by atoms with Gasteiger partial charge in [0.15, 0.2) is 11.6 Å². The van der Waals surface area contributed by atoms with E-state index in [4.69, 9.17) is 4.74 Å². The lowest BCUT2D eigenvalue weighted by atomic mass is 9.78. The highest BCUT2D eigenvalue weighted by atomic mass is 32.1. The minimum absolute atomic E-state index is 0.262. The predicted molar refractivity (Wildman–Crippen MR) is 122 cm³/mol. The predicted octanol–water partition coefficient (Wildman–Crippen LogP) is 8.26. The van der Waals surface area contributed by atoms with Gasteiger partial charge in [0.1, 0.15) is 6.61 Å². The van der Waals surface area contributed by atoms with Gasteiger partial charge in [-0.15, -0.1) is 11.3 Å². The molecule has 3 aromatic rings. The van der Waals surface area contributed by atoms with Crippen LogP contribution in [-0.4, -0.2) is 0 Å². The molecule has 1 nitrogen and oxygen atoms in total. The van der Waals surface area contributed by atoms with Crippen molar-refractivity contribution in [1.82, 2.24) is 0 Å². The topological polar surface area (TPSA) is 9.23 Å². The Morgan fingerprint density at radius 3 is 2.55 bits per heavy atom. The van der Waals surface area contributed by atoms with E-state index in [1.807, 2.05) is 6.07 Å². The smallest absolute Gasteiger partial charge is 0.165 e. The van der Waals surface area contributed by atoms with Crippen molar-refractivity contribution in [2.75, 3.05) is 0 Å². The van der Waals surface area contributed by atoms with Gasteiger partial charge in [0.25, 0.3) is 0 Å². The maximum absolute atomic E-state index is 14.3. The molecular weight excluding hydrogens is 379 g/mol. The second-order valence-electron chi connectivity index (χ2n) is 8.44. The number of ether oxygens (including phenoxy) is 1. The van der Waals surface area contributed by atoms with Gasteiger partial charge in [-0.1, -0.05) is 44.9 Å². The number of hydrogen-bond donors (Lipinski definition) is 0. The van der Waals surface area contributed by atoms with E-state index < -0.39 is 0 Å². The molecular formula is C26H31FOS. The van der Waals surface area contributed by atoms with Crippen molar-refractivity contribution in [3.8, 4) is 5.75 Å². The third kappa shape index (κ3) is 4.83. The van der Waals surface area contributed by atoms with Gasteiger partial charge >= 0.3 is 0 Å². The van der Waals surface area contributed by atoms with Crippen LogP contribution >= 0.6 is 11.3 Å². The summed E-state index contributed by atoms with van der Waals surface area (Å²) in [5.74, 6) is 1.72. The second-order valence-corrected chi connectivity index (χ2v) is 9.61. The number of thiophene rings is 1. The summed E-state index contributed by atoms with van der Waals surface area (Å²) in [6.45, 7) is 4.84. The fourth-order valence-electron chi connectivity index (χ4n) is 4.59. The summed E-state index contributed by atoms with van der Waals surface area (Å²) in [4.78, 5) is 1.14. The van der Waals surface area contributed by atoms with Crippen LogP contribution in [0.15, 0.2) is 42.5 Å². The van der Waals surface area contributed by atoms with Gasteiger partial charge in [-0.2, -0.15) is 0 Å². The van der Waals surface area contributed by atoms with Crippen LogP contribution in [0.1, 0.15) is 74.3 Å². The van der Waals surface area contributed by atoms with Crippen LogP contribution in [0.4, 0.5) is 4.39 Å². The van der Waals surface area contributed by atoms with Gasteiger partial charge in [0.05, 0.1) is 0 Å². The lowest BCUT2D eigenvalue weighted by molar-refractivity contribution is 0.293. The van der Waals surface area contributed by atoms with Crippen LogP contribution in [0.2, 0.25) is 0 Å². The monoisotopic (exact) mass is 410 g/mol. The van der Waals surface area contributed by atoms with Gasteiger partial charge < -0.3 is 4.74 Å². The van der Waals surface area contributed by atoms with Gasteiger partial charge in [0, 0.05) is 9.58 Å². The molecule has 0 radical (unpaired) electrons. The van der Waals surface area contributed by atoms with Crippen molar-refractivity contribution < 1.29 is 9.13 Å². The third-order valence-corrected chi connectivity index (χ3v) is 7.47. The summed E-state index contributed by atoms with van der Waals surface area (Å²) in [7, 11) is 0. The largest absolute Gasteiger partial charge is 0.485 e.